The van der Waals surface area contributed by atoms with E-state index in [2.05, 4.69) is 57.2 Å². The molecule has 4 aromatic heterocycles. The smallest absolute Gasteiger partial charge is 0.324 e. The Bertz CT molecular complexity index is 1540. The number of carbonyl (C=O) groups is 2. The lowest BCUT2D eigenvalue weighted by Crippen LogP contribution is -2.59. The molecule has 0 saturated carbocycles. The van der Waals surface area contributed by atoms with Crippen LogP contribution in [-0.4, -0.2) is 82.3 Å². The van der Waals surface area contributed by atoms with Gasteiger partial charge >= 0.3 is 6.03 Å². The second-order valence-electron chi connectivity index (χ2n) is 9.47. The number of amides is 3. The van der Waals surface area contributed by atoms with Crippen molar-refractivity contribution in [3.63, 3.8) is 0 Å². The minimum absolute atomic E-state index is 0.0676. The first-order valence-electron chi connectivity index (χ1n) is 12.9. The molecule has 40 heavy (non-hydrogen) atoms. The van der Waals surface area contributed by atoms with Gasteiger partial charge in [0.25, 0.3) is 0 Å². The van der Waals surface area contributed by atoms with Crippen molar-refractivity contribution in [1.82, 2.24) is 30.2 Å². The number of rotatable bonds is 7. The molecule has 6 heterocycles. The molecule has 2 aliphatic heterocycles. The van der Waals surface area contributed by atoms with Gasteiger partial charge in [0.15, 0.2) is 0 Å². The maximum atomic E-state index is 12.6. The van der Waals surface area contributed by atoms with Crippen LogP contribution in [0, 0.1) is 0 Å². The quantitative estimate of drug-likeness (QED) is 0.259. The largest absolute Gasteiger partial charge is 0.378 e. The molecule has 13 heteroatoms. The molecule has 3 amide bonds. The van der Waals surface area contributed by atoms with Gasteiger partial charge in [-0.3, -0.25) is 15.1 Å². The van der Waals surface area contributed by atoms with Gasteiger partial charge in [0.1, 0.15) is 23.6 Å². The summed E-state index contributed by atoms with van der Waals surface area (Å²) in [5.74, 6) is 1.10. The van der Waals surface area contributed by atoms with Gasteiger partial charge in [-0.05, 0) is 30.3 Å². The van der Waals surface area contributed by atoms with Crippen molar-refractivity contribution < 1.29 is 14.3 Å². The number of H-pyrrole nitrogens is 1. The van der Waals surface area contributed by atoms with Gasteiger partial charge < -0.3 is 30.2 Å². The van der Waals surface area contributed by atoms with E-state index in [9.17, 15) is 9.59 Å². The fourth-order valence-corrected chi connectivity index (χ4v) is 4.72. The average molecular weight is 541 g/mol. The van der Waals surface area contributed by atoms with E-state index < -0.39 is 6.03 Å². The van der Waals surface area contributed by atoms with Crippen LogP contribution in [-0.2, 0) is 9.53 Å². The predicted molar refractivity (Wildman–Crippen MR) is 151 cm³/mol. The van der Waals surface area contributed by atoms with E-state index in [-0.39, 0.29) is 11.9 Å². The van der Waals surface area contributed by atoms with Gasteiger partial charge in [-0.1, -0.05) is 6.58 Å². The van der Waals surface area contributed by atoms with Gasteiger partial charge in [-0.25, -0.2) is 19.7 Å². The van der Waals surface area contributed by atoms with Crippen molar-refractivity contribution in [2.45, 2.75) is 6.04 Å². The lowest BCUT2D eigenvalue weighted by molar-refractivity contribution is -0.117. The standard InChI is InChI=1S/C27H28N10O3/c1-2-24(38)32-18-14-37(15-18)19-5-6-28-23(11-19)35-27(39)33-17-3-4-21(29-13-17)22-12-20-25(34-22)30-16-31-26(20)36-7-9-40-10-8-36/h2-6,11-13,16,18H,1,7-10,14-15H2,(H,32,38)(H,30,31,34)(H2,28,33,35,39). The van der Waals surface area contributed by atoms with Crippen molar-refractivity contribution in [2.24, 2.45) is 0 Å². The predicted octanol–water partition coefficient (Wildman–Crippen LogP) is 2.39. The van der Waals surface area contributed by atoms with Gasteiger partial charge in [0.05, 0.1) is 47.9 Å². The fourth-order valence-electron chi connectivity index (χ4n) is 4.72. The fraction of sp³-hybridized carbons (Fsp3) is 0.259. The number of morpholine rings is 1. The Morgan fingerprint density at radius 3 is 2.65 bits per heavy atom. The summed E-state index contributed by atoms with van der Waals surface area (Å²) in [4.78, 5) is 49.3. The molecule has 0 atom stereocenters. The van der Waals surface area contributed by atoms with Crippen LogP contribution < -0.4 is 25.8 Å². The van der Waals surface area contributed by atoms with E-state index in [0.29, 0.717) is 43.5 Å². The van der Waals surface area contributed by atoms with Crippen molar-refractivity contribution in [1.29, 1.82) is 0 Å². The Hall–Kier alpha value is -5.04. The Morgan fingerprint density at radius 2 is 1.88 bits per heavy atom. The minimum atomic E-state index is -0.435. The molecular weight excluding hydrogens is 512 g/mol. The summed E-state index contributed by atoms with van der Waals surface area (Å²) in [5.41, 5.74) is 3.69. The normalized spacial score (nSPS) is 15.4. The summed E-state index contributed by atoms with van der Waals surface area (Å²) < 4.78 is 5.46. The molecule has 204 valence electrons. The summed E-state index contributed by atoms with van der Waals surface area (Å²) in [5, 5.41) is 9.33. The zero-order valence-electron chi connectivity index (χ0n) is 21.6. The third-order valence-corrected chi connectivity index (χ3v) is 6.78. The minimum Gasteiger partial charge on any atom is -0.378 e. The molecule has 2 saturated heterocycles. The third kappa shape index (κ3) is 5.40. The number of aromatic amines is 1. The molecule has 13 nitrogen and oxygen atoms in total. The molecule has 0 aliphatic carbocycles. The Morgan fingerprint density at radius 1 is 1.02 bits per heavy atom. The molecule has 0 bridgehead atoms. The Labute approximate surface area is 229 Å². The van der Waals surface area contributed by atoms with Gasteiger partial charge in [-0.2, -0.15) is 0 Å². The monoisotopic (exact) mass is 540 g/mol. The zero-order valence-corrected chi connectivity index (χ0v) is 21.6. The van der Waals surface area contributed by atoms with Crippen LogP contribution in [0.25, 0.3) is 22.4 Å². The van der Waals surface area contributed by atoms with Crippen LogP contribution in [0.15, 0.2) is 61.7 Å². The first kappa shape index (κ1) is 25.2. The number of urea groups is 1. The molecule has 2 aliphatic rings. The number of fused-ring (bicyclic) bond motifs is 1. The summed E-state index contributed by atoms with van der Waals surface area (Å²) in [7, 11) is 0. The lowest BCUT2D eigenvalue weighted by Gasteiger charge is -2.41. The Kier molecular flexibility index (Phi) is 6.93. The van der Waals surface area contributed by atoms with Crippen molar-refractivity contribution in [2.75, 3.05) is 59.8 Å². The van der Waals surface area contributed by atoms with Crippen molar-refractivity contribution in [3.05, 3.63) is 61.7 Å². The lowest BCUT2D eigenvalue weighted by atomic mass is 10.1. The Balaban J connectivity index is 1.07. The number of ether oxygens (including phenoxy) is 1. The second-order valence-corrected chi connectivity index (χ2v) is 9.47. The van der Waals surface area contributed by atoms with Crippen LogP contribution in [0.4, 0.5) is 27.8 Å². The van der Waals surface area contributed by atoms with E-state index in [4.69, 9.17) is 4.74 Å². The number of carbonyl (C=O) groups excluding carboxylic acids is 2. The van der Waals surface area contributed by atoms with Crippen LogP contribution in [0.5, 0.6) is 0 Å². The number of anilines is 4. The first-order chi connectivity index (χ1) is 19.6. The molecule has 0 radical (unpaired) electrons. The first-order valence-corrected chi connectivity index (χ1v) is 12.9. The van der Waals surface area contributed by atoms with Gasteiger partial charge in [0, 0.05) is 44.1 Å². The molecule has 0 unspecified atom stereocenters. The average Bonchev–Trinajstić information content (AvgIpc) is 3.40. The summed E-state index contributed by atoms with van der Waals surface area (Å²) in [6, 6.07) is 8.88. The topological polar surface area (TPSA) is 153 Å². The molecule has 4 aromatic rings. The third-order valence-electron chi connectivity index (χ3n) is 6.78. The molecule has 6 rings (SSSR count). The second kappa shape index (κ2) is 11.0. The number of pyridine rings is 2. The molecular formula is C27H28N10O3. The maximum absolute atomic E-state index is 12.6. The highest BCUT2D eigenvalue weighted by Gasteiger charge is 2.28. The highest BCUT2D eigenvalue weighted by atomic mass is 16.5. The van der Waals surface area contributed by atoms with Crippen LogP contribution in [0.3, 0.4) is 0 Å². The SMILES string of the molecule is C=CC(=O)NC1CN(c2ccnc(NC(=O)Nc3ccc(-c4cc5c(N6CCOCC6)ncnc5[nH]4)nc3)c2)C1. The highest BCUT2D eigenvalue weighted by molar-refractivity contribution is 5.99. The van der Waals surface area contributed by atoms with E-state index in [1.165, 1.54) is 6.08 Å². The zero-order chi connectivity index (χ0) is 27.5. The summed E-state index contributed by atoms with van der Waals surface area (Å²) in [6.07, 6.45) is 6.04. The summed E-state index contributed by atoms with van der Waals surface area (Å²) >= 11 is 0. The van der Waals surface area contributed by atoms with Gasteiger partial charge in [0.2, 0.25) is 5.91 Å². The molecule has 0 aromatic carbocycles. The van der Waals surface area contributed by atoms with E-state index >= 15 is 0 Å². The summed E-state index contributed by atoms with van der Waals surface area (Å²) in [6.45, 7) is 7.71. The number of nitrogens with one attached hydrogen (secondary N) is 4. The molecule has 0 spiro atoms. The van der Waals surface area contributed by atoms with Crippen molar-refractivity contribution in [3.8, 4) is 11.4 Å². The van der Waals surface area contributed by atoms with E-state index in [1.807, 2.05) is 18.2 Å². The number of nitrogens with zero attached hydrogens (tertiary/aromatic N) is 6. The number of hydrogen-bond acceptors (Lipinski definition) is 9. The number of aromatic nitrogens is 5. The maximum Gasteiger partial charge on any atom is 0.324 e. The van der Waals surface area contributed by atoms with E-state index in [0.717, 1.165) is 41.3 Å². The van der Waals surface area contributed by atoms with Crippen LogP contribution in [0.1, 0.15) is 0 Å². The van der Waals surface area contributed by atoms with Crippen LogP contribution >= 0.6 is 0 Å². The van der Waals surface area contributed by atoms with Crippen molar-refractivity contribution >= 4 is 46.0 Å². The van der Waals surface area contributed by atoms with Gasteiger partial charge in [-0.15, -0.1) is 0 Å². The highest BCUT2D eigenvalue weighted by Crippen LogP contribution is 2.29. The molecule has 4 N–H and O–H groups in total. The van der Waals surface area contributed by atoms with Crippen LogP contribution in [0.2, 0.25) is 0 Å². The van der Waals surface area contributed by atoms with E-state index in [1.54, 1.807) is 30.9 Å². The molecule has 2 fully saturated rings. The number of hydrogen-bond donors (Lipinski definition) is 4.